The van der Waals surface area contributed by atoms with Gasteiger partial charge in [0.2, 0.25) is 5.13 Å². The number of anilines is 2. The van der Waals surface area contributed by atoms with Crippen LogP contribution in [0.2, 0.25) is 0 Å². The van der Waals surface area contributed by atoms with Gasteiger partial charge in [0.15, 0.2) is 0 Å². The van der Waals surface area contributed by atoms with Crippen LogP contribution < -0.4 is 26.4 Å². The van der Waals surface area contributed by atoms with Gasteiger partial charge in [0.1, 0.15) is 10.8 Å². The molecule has 1 atom stereocenters. The number of carbonyl (C=O) groups excluding carboxylic acids is 2. The van der Waals surface area contributed by atoms with Crippen molar-refractivity contribution in [1.82, 2.24) is 20.8 Å². The van der Waals surface area contributed by atoms with Crippen LogP contribution in [0.5, 0.6) is 5.75 Å². The number of carbonyl (C=O) groups is 2. The highest BCUT2D eigenvalue weighted by Gasteiger charge is 2.24. The third-order valence-corrected chi connectivity index (χ3v) is 4.73. The van der Waals surface area contributed by atoms with Crippen LogP contribution in [-0.4, -0.2) is 35.3 Å². The third-order valence-electron chi connectivity index (χ3n) is 3.80. The normalized spacial score (nSPS) is 14.4. The van der Waals surface area contributed by atoms with Gasteiger partial charge >= 0.3 is 6.03 Å². The minimum atomic E-state index is -0.454. The smallest absolute Gasteiger partial charge is 0.319 e. The van der Waals surface area contributed by atoms with E-state index in [1.807, 2.05) is 0 Å². The quantitative estimate of drug-likeness (QED) is 0.609. The van der Waals surface area contributed by atoms with Crippen LogP contribution in [0.1, 0.15) is 41.2 Å². The lowest BCUT2D eigenvalue weighted by Crippen LogP contribution is -2.31. The van der Waals surface area contributed by atoms with Crippen LogP contribution in [-0.2, 0) is 0 Å². The number of hydrogen-bond acceptors (Lipinski definition) is 7. The van der Waals surface area contributed by atoms with Crippen molar-refractivity contribution in [2.24, 2.45) is 0 Å². The molecular formula is C16H20N6O3S. The molecule has 1 heterocycles. The minimum Gasteiger partial charge on any atom is -0.495 e. The lowest BCUT2D eigenvalue weighted by Gasteiger charge is -2.15. The average molecular weight is 376 g/mol. The van der Waals surface area contributed by atoms with Crippen LogP contribution >= 0.6 is 11.3 Å². The van der Waals surface area contributed by atoms with Crippen molar-refractivity contribution in [3.8, 4) is 5.75 Å². The third kappa shape index (κ3) is 4.39. The maximum atomic E-state index is 12.3. The summed E-state index contributed by atoms with van der Waals surface area (Å²) < 4.78 is 5.26. The number of nitrogen functional groups attached to an aromatic ring is 1. The predicted molar refractivity (Wildman–Crippen MR) is 98.4 cm³/mol. The number of urea groups is 1. The molecule has 0 saturated heterocycles. The van der Waals surface area contributed by atoms with Crippen molar-refractivity contribution in [1.29, 1.82) is 0 Å². The van der Waals surface area contributed by atoms with Gasteiger partial charge in [0.05, 0.1) is 18.8 Å². The van der Waals surface area contributed by atoms with Crippen molar-refractivity contribution in [3.05, 3.63) is 28.8 Å². The van der Waals surface area contributed by atoms with Gasteiger partial charge in [-0.1, -0.05) is 11.3 Å². The van der Waals surface area contributed by atoms with E-state index in [0.717, 1.165) is 12.8 Å². The fraction of sp³-hybridized carbons (Fsp3) is 0.375. The molecule has 0 aliphatic heterocycles. The molecule has 1 aromatic heterocycles. The summed E-state index contributed by atoms with van der Waals surface area (Å²) in [5.41, 5.74) is 6.41. The first kappa shape index (κ1) is 17.9. The molecule has 1 fully saturated rings. The molecular weight excluding hydrogens is 356 g/mol. The number of nitrogens with one attached hydrogen (secondary N) is 3. The summed E-state index contributed by atoms with van der Waals surface area (Å²) >= 11 is 1.21. The average Bonchev–Trinajstić information content (AvgIpc) is 3.31. The highest BCUT2D eigenvalue weighted by atomic mass is 32.1. The maximum absolute atomic E-state index is 12.3. The van der Waals surface area contributed by atoms with Gasteiger partial charge in [-0.05, 0) is 38.0 Å². The van der Waals surface area contributed by atoms with Crippen molar-refractivity contribution in [2.45, 2.75) is 31.8 Å². The second-order valence-corrected chi connectivity index (χ2v) is 7.00. The number of rotatable bonds is 6. The standard InChI is InChI=1S/C16H20N6O3S/c1-8(14-21-22-15(17)26-14)18-16(24)20-11-7-9(3-6-12(11)25-2)13(23)19-10-4-5-10/h3,6-8,10H,4-5H2,1-2H3,(H2,17,22)(H,19,23)(H2,18,20,24)/t8-/m0/s1. The van der Waals surface area contributed by atoms with E-state index < -0.39 is 6.03 Å². The lowest BCUT2D eigenvalue weighted by molar-refractivity contribution is 0.0951. The number of hydrogen-bond donors (Lipinski definition) is 4. The molecule has 26 heavy (non-hydrogen) atoms. The first-order valence-electron chi connectivity index (χ1n) is 8.11. The molecule has 1 aliphatic rings. The van der Waals surface area contributed by atoms with Gasteiger partial charge in [-0.3, -0.25) is 4.79 Å². The Morgan fingerprint density at radius 1 is 1.35 bits per heavy atom. The molecule has 138 valence electrons. The minimum absolute atomic E-state index is 0.170. The maximum Gasteiger partial charge on any atom is 0.319 e. The Morgan fingerprint density at radius 2 is 2.12 bits per heavy atom. The molecule has 3 rings (SSSR count). The van der Waals surface area contributed by atoms with E-state index in [1.54, 1.807) is 25.1 Å². The first-order valence-corrected chi connectivity index (χ1v) is 8.93. The van der Waals surface area contributed by atoms with Crippen LogP contribution in [0.3, 0.4) is 0 Å². The highest BCUT2D eigenvalue weighted by Crippen LogP contribution is 2.27. The molecule has 0 spiro atoms. The van der Waals surface area contributed by atoms with E-state index in [2.05, 4.69) is 26.1 Å². The van der Waals surface area contributed by atoms with Crippen molar-refractivity contribution >= 4 is 34.1 Å². The van der Waals surface area contributed by atoms with Crippen molar-refractivity contribution in [2.75, 3.05) is 18.2 Å². The zero-order valence-electron chi connectivity index (χ0n) is 14.4. The van der Waals surface area contributed by atoms with Gasteiger partial charge in [-0.2, -0.15) is 0 Å². The summed E-state index contributed by atoms with van der Waals surface area (Å²) in [5, 5.41) is 16.9. The van der Waals surface area contributed by atoms with Gasteiger partial charge in [-0.25, -0.2) is 4.79 Å². The Labute approximate surface area is 154 Å². The van der Waals surface area contributed by atoms with Gasteiger partial charge in [0.25, 0.3) is 5.91 Å². The molecule has 1 aromatic carbocycles. The summed E-state index contributed by atoms with van der Waals surface area (Å²) in [7, 11) is 1.50. The van der Waals surface area contributed by atoms with Gasteiger partial charge < -0.3 is 26.4 Å². The Hall–Kier alpha value is -2.88. The van der Waals surface area contributed by atoms with Crippen LogP contribution in [0, 0.1) is 0 Å². The van der Waals surface area contributed by atoms with E-state index in [-0.39, 0.29) is 18.0 Å². The molecule has 2 aromatic rings. The number of methoxy groups -OCH3 is 1. The monoisotopic (exact) mass is 376 g/mol. The molecule has 1 saturated carbocycles. The summed E-state index contributed by atoms with van der Waals surface area (Å²) in [6.45, 7) is 1.77. The van der Waals surface area contributed by atoms with Crippen LogP contribution in [0.25, 0.3) is 0 Å². The Morgan fingerprint density at radius 3 is 2.73 bits per heavy atom. The molecule has 5 N–H and O–H groups in total. The molecule has 3 amide bonds. The lowest BCUT2D eigenvalue weighted by atomic mass is 10.1. The Kier molecular flexibility index (Phi) is 5.21. The molecule has 9 nitrogen and oxygen atoms in total. The van der Waals surface area contributed by atoms with Crippen LogP contribution in [0.4, 0.5) is 15.6 Å². The number of nitrogens with two attached hydrogens (primary N) is 1. The molecule has 0 radical (unpaired) electrons. The predicted octanol–water partition coefficient (Wildman–Crippen LogP) is 1.90. The van der Waals surface area contributed by atoms with E-state index in [0.29, 0.717) is 27.1 Å². The second-order valence-electron chi connectivity index (χ2n) is 5.96. The van der Waals surface area contributed by atoms with E-state index >= 15 is 0 Å². The molecule has 0 unspecified atom stereocenters. The number of aromatic nitrogens is 2. The van der Waals surface area contributed by atoms with Gasteiger partial charge in [0, 0.05) is 11.6 Å². The van der Waals surface area contributed by atoms with Crippen molar-refractivity contribution < 1.29 is 14.3 Å². The molecule has 0 bridgehead atoms. The highest BCUT2D eigenvalue weighted by molar-refractivity contribution is 7.15. The number of nitrogens with zero attached hydrogens (tertiary/aromatic N) is 2. The second kappa shape index (κ2) is 7.56. The SMILES string of the molecule is COc1ccc(C(=O)NC2CC2)cc1NC(=O)N[C@@H](C)c1nnc(N)s1. The summed E-state index contributed by atoms with van der Waals surface area (Å²) in [5.74, 6) is 0.284. The number of ether oxygens (including phenoxy) is 1. The molecule has 1 aliphatic carbocycles. The molecule has 10 heteroatoms. The fourth-order valence-electron chi connectivity index (χ4n) is 2.28. The zero-order valence-corrected chi connectivity index (χ0v) is 15.2. The van der Waals surface area contributed by atoms with Gasteiger partial charge in [-0.15, -0.1) is 10.2 Å². The fourth-order valence-corrected chi connectivity index (χ4v) is 2.89. The van der Waals surface area contributed by atoms with E-state index in [1.165, 1.54) is 18.4 Å². The summed E-state index contributed by atoms with van der Waals surface area (Å²) in [6, 6.07) is 4.33. The zero-order chi connectivity index (χ0) is 18.7. The summed E-state index contributed by atoms with van der Waals surface area (Å²) in [6.07, 6.45) is 2.01. The largest absolute Gasteiger partial charge is 0.495 e. The number of benzene rings is 1. The number of amides is 3. The first-order chi connectivity index (χ1) is 12.5. The van der Waals surface area contributed by atoms with E-state index in [4.69, 9.17) is 10.5 Å². The van der Waals surface area contributed by atoms with Crippen LogP contribution in [0.15, 0.2) is 18.2 Å². The Bertz CT molecular complexity index is 820. The summed E-state index contributed by atoms with van der Waals surface area (Å²) in [4.78, 5) is 24.5. The Balaban J connectivity index is 1.68. The van der Waals surface area contributed by atoms with E-state index in [9.17, 15) is 9.59 Å². The van der Waals surface area contributed by atoms with Crippen molar-refractivity contribution in [3.63, 3.8) is 0 Å². The topological polar surface area (TPSA) is 131 Å².